The smallest absolute Gasteiger partial charge is 0.137 e. The van der Waals surface area contributed by atoms with Gasteiger partial charge in [-0.25, -0.2) is 0 Å². The van der Waals surface area contributed by atoms with Gasteiger partial charge in [-0.3, -0.25) is 0 Å². The predicted octanol–water partition coefficient (Wildman–Crippen LogP) is 13.3. The molecule has 0 fully saturated rings. The topological polar surface area (TPSA) is 16.4 Å². The molecule has 49 heavy (non-hydrogen) atoms. The van der Waals surface area contributed by atoms with E-state index in [9.17, 15) is 0 Å². The van der Waals surface area contributed by atoms with E-state index in [1.807, 2.05) is 0 Å². The second-order valence-corrected chi connectivity index (χ2v) is 13.8. The summed E-state index contributed by atoms with van der Waals surface area (Å²) in [6.07, 6.45) is 0. The third-order valence-corrected chi connectivity index (χ3v) is 10.6. The largest absolute Gasteiger partial charge is 0.456 e. The Labute approximate surface area is 285 Å². The van der Waals surface area contributed by atoms with Gasteiger partial charge in [0.25, 0.3) is 0 Å². The highest BCUT2D eigenvalue weighted by Crippen LogP contribution is 2.53. The predicted molar refractivity (Wildman–Crippen MR) is 206 cm³/mol. The van der Waals surface area contributed by atoms with Crippen molar-refractivity contribution in [3.63, 3.8) is 0 Å². The molecule has 8 aromatic carbocycles. The maximum absolute atomic E-state index is 6.71. The molecule has 2 nitrogen and oxygen atoms in total. The van der Waals surface area contributed by atoms with Crippen molar-refractivity contribution in [1.29, 1.82) is 0 Å². The zero-order valence-corrected chi connectivity index (χ0v) is 27.4. The molecular weight excluding hydrogens is 595 g/mol. The van der Waals surface area contributed by atoms with E-state index in [0.717, 1.165) is 50.1 Å². The van der Waals surface area contributed by atoms with Gasteiger partial charge in [-0.1, -0.05) is 129 Å². The maximum Gasteiger partial charge on any atom is 0.137 e. The third kappa shape index (κ3) is 4.20. The van der Waals surface area contributed by atoms with Crippen molar-refractivity contribution in [3.8, 4) is 22.3 Å². The summed E-state index contributed by atoms with van der Waals surface area (Å²) in [6.45, 7) is 4.71. The molecule has 0 saturated heterocycles. The van der Waals surface area contributed by atoms with Crippen LogP contribution in [0, 0.1) is 0 Å². The third-order valence-electron chi connectivity index (χ3n) is 10.6. The molecule has 0 saturated carbocycles. The van der Waals surface area contributed by atoms with Crippen molar-refractivity contribution >= 4 is 60.5 Å². The number of rotatable bonds is 4. The quantitative estimate of drug-likeness (QED) is 0.193. The number of benzene rings is 8. The Kier molecular flexibility index (Phi) is 5.95. The minimum absolute atomic E-state index is 0.132. The molecule has 0 amide bonds. The Balaban J connectivity index is 1.33. The zero-order chi connectivity index (χ0) is 32.7. The van der Waals surface area contributed by atoms with Gasteiger partial charge in [0.05, 0.1) is 11.1 Å². The number of hydrogen-bond acceptors (Lipinski definition) is 2. The summed E-state index contributed by atoms with van der Waals surface area (Å²) in [5, 5.41) is 7.02. The highest BCUT2D eigenvalue weighted by atomic mass is 16.3. The second-order valence-electron chi connectivity index (χ2n) is 13.8. The SMILES string of the molecule is CC1(C)c2ccccc2-c2ccc(N(c3ccc4ccccc4c3)c3c(-c4ccccc4)ccc4oc5cc6ccccc6cc5c34)cc21. The van der Waals surface area contributed by atoms with Crippen molar-refractivity contribution in [2.45, 2.75) is 19.3 Å². The lowest BCUT2D eigenvalue weighted by Crippen LogP contribution is -2.17. The van der Waals surface area contributed by atoms with Crippen LogP contribution in [0.1, 0.15) is 25.0 Å². The summed E-state index contributed by atoms with van der Waals surface area (Å²) in [5.74, 6) is 0. The summed E-state index contributed by atoms with van der Waals surface area (Å²) < 4.78 is 6.71. The molecule has 232 valence electrons. The van der Waals surface area contributed by atoms with Crippen molar-refractivity contribution in [3.05, 3.63) is 175 Å². The average molecular weight is 628 g/mol. The summed E-state index contributed by atoms with van der Waals surface area (Å²) in [7, 11) is 0. The Morgan fingerprint density at radius 2 is 1.06 bits per heavy atom. The first kappa shape index (κ1) is 27.9. The van der Waals surface area contributed by atoms with E-state index in [0.29, 0.717) is 0 Å². The molecule has 0 N–H and O–H groups in total. The van der Waals surface area contributed by atoms with Gasteiger partial charge in [0.2, 0.25) is 0 Å². The van der Waals surface area contributed by atoms with E-state index in [1.54, 1.807) is 0 Å². The van der Waals surface area contributed by atoms with Gasteiger partial charge >= 0.3 is 0 Å². The van der Waals surface area contributed by atoms with Gasteiger partial charge in [0.15, 0.2) is 0 Å². The molecule has 1 aliphatic carbocycles. The Bertz CT molecular complexity index is 2750. The second kappa shape index (κ2) is 10.4. The Hall–Kier alpha value is -6.12. The number of furan rings is 1. The van der Waals surface area contributed by atoms with Crippen LogP contribution in [0.5, 0.6) is 0 Å². The number of fused-ring (bicyclic) bond motifs is 8. The van der Waals surface area contributed by atoms with E-state index in [2.05, 4.69) is 183 Å². The van der Waals surface area contributed by atoms with E-state index in [-0.39, 0.29) is 5.41 Å². The molecule has 0 unspecified atom stereocenters. The van der Waals surface area contributed by atoms with Crippen molar-refractivity contribution in [1.82, 2.24) is 0 Å². The van der Waals surface area contributed by atoms with E-state index < -0.39 is 0 Å². The van der Waals surface area contributed by atoms with Crippen LogP contribution in [-0.2, 0) is 5.41 Å². The van der Waals surface area contributed by atoms with Crippen LogP contribution in [0.25, 0.3) is 65.7 Å². The van der Waals surface area contributed by atoms with Gasteiger partial charge in [-0.15, -0.1) is 0 Å². The normalized spacial score (nSPS) is 13.3. The van der Waals surface area contributed by atoms with Crippen LogP contribution in [0.15, 0.2) is 168 Å². The van der Waals surface area contributed by atoms with Crippen LogP contribution in [0.2, 0.25) is 0 Å². The summed E-state index contributed by atoms with van der Waals surface area (Å²) in [4.78, 5) is 2.47. The lowest BCUT2D eigenvalue weighted by Gasteiger charge is -2.30. The minimum atomic E-state index is -0.132. The van der Waals surface area contributed by atoms with Gasteiger partial charge in [0.1, 0.15) is 11.2 Å². The number of nitrogens with zero attached hydrogens (tertiary/aromatic N) is 1. The van der Waals surface area contributed by atoms with Gasteiger partial charge in [-0.2, -0.15) is 0 Å². The van der Waals surface area contributed by atoms with Crippen LogP contribution < -0.4 is 4.90 Å². The standard InChI is InChI=1S/C47H33NO/c1-47(2)41-19-11-10-18-38(41)39-23-22-36(29-42(39)47)48(35-21-20-30-12-6-7-15-32(30)26-35)46-37(31-13-4-3-5-14-31)24-25-43-45(46)40-27-33-16-8-9-17-34(33)28-44(40)49-43/h3-29H,1-2H3. The monoisotopic (exact) mass is 627 g/mol. The summed E-state index contributed by atoms with van der Waals surface area (Å²) in [6, 6.07) is 59.5. The molecule has 1 aromatic heterocycles. The average Bonchev–Trinajstić information content (AvgIpc) is 3.62. The van der Waals surface area contributed by atoms with Crippen LogP contribution in [-0.4, -0.2) is 0 Å². The first-order valence-electron chi connectivity index (χ1n) is 17.0. The van der Waals surface area contributed by atoms with E-state index in [4.69, 9.17) is 4.42 Å². The van der Waals surface area contributed by atoms with Gasteiger partial charge in [0, 0.05) is 27.7 Å². The Morgan fingerprint density at radius 1 is 0.449 bits per heavy atom. The molecule has 0 bridgehead atoms. The van der Waals surface area contributed by atoms with E-state index >= 15 is 0 Å². The molecule has 0 radical (unpaired) electrons. The van der Waals surface area contributed by atoms with Crippen LogP contribution in [0.3, 0.4) is 0 Å². The summed E-state index contributed by atoms with van der Waals surface area (Å²) in [5.41, 5.74) is 12.6. The van der Waals surface area contributed by atoms with Crippen molar-refractivity contribution in [2.75, 3.05) is 4.90 Å². The Morgan fingerprint density at radius 3 is 1.88 bits per heavy atom. The highest BCUT2D eigenvalue weighted by molar-refractivity contribution is 6.19. The van der Waals surface area contributed by atoms with Crippen LogP contribution >= 0.6 is 0 Å². The molecule has 0 spiro atoms. The van der Waals surface area contributed by atoms with E-state index in [1.165, 1.54) is 43.8 Å². The molecule has 10 rings (SSSR count). The summed E-state index contributed by atoms with van der Waals surface area (Å²) >= 11 is 0. The first-order chi connectivity index (χ1) is 24.0. The van der Waals surface area contributed by atoms with Crippen molar-refractivity contribution in [2.24, 2.45) is 0 Å². The van der Waals surface area contributed by atoms with Gasteiger partial charge in [-0.05, 0) is 97.9 Å². The minimum Gasteiger partial charge on any atom is -0.456 e. The first-order valence-corrected chi connectivity index (χ1v) is 17.0. The number of hydrogen-bond donors (Lipinski definition) is 0. The molecule has 2 heteroatoms. The molecule has 1 aliphatic rings. The molecule has 0 atom stereocenters. The fraction of sp³-hybridized carbons (Fsp3) is 0.0638. The molecule has 0 aliphatic heterocycles. The van der Waals surface area contributed by atoms with Crippen molar-refractivity contribution < 1.29 is 4.42 Å². The fourth-order valence-corrected chi connectivity index (χ4v) is 8.17. The lowest BCUT2D eigenvalue weighted by atomic mass is 9.82. The highest BCUT2D eigenvalue weighted by Gasteiger charge is 2.36. The maximum atomic E-state index is 6.71. The van der Waals surface area contributed by atoms with Crippen LogP contribution in [0.4, 0.5) is 17.1 Å². The number of anilines is 3. The lowest BCUT2D eigenvalue weighted by molar-refractivity contribution is 0.660. The molecule has 9 aromatic rings. The fourth-order valence-electron chi connectivity index (χ4n) is 8.17. The van der Waals surface area contributed by atoms with Gasteiger partial charge < -0.3 is 9.32 Å². The zero-order valence-electron chi connectivity index (χ0n) is 27.4. The molecule has 1 heterocycles. The molecular formula is C47H33NO.